The van der Waals surface area contributed by atoms with Crippen LogP contribution in [0.15, 0.2) is 28.7 Å². The molecule has 3 rings (SSSR count). The lowest BCUT2D eigenvalue weighted by Crippen LogP contribution is -2.42. The molecule has 1 aliphatic carbocycles. The molecule has 17 heavy (non-hydrogen) atoms. The first-order valence-electron chi connectivity index (χ1n) is 5.87. The lowest BCUT2D eigenvalue weighted by molar-refractivity contribution is -0.147. The van der Waals surface area contributed by atoms with Crippen molar-refractivity contribution in [2.75, 3.05) is 0 Å². The Morgan fingerprint density at radius 3 is 2.65 bits per heavy atom. The van der Waals surface area contributed by atoms with Crippen LogP contribution in [0.25, 0.3) is 11.0 Å². The first-order chi connectivity index (χ1) is 8.15. The quantitative estimate of drug-likeness (QED) is 0.861. The number of benzene rings is 1. The maximum atomic E-state index is 11.6. The van der Waals surface area contributed by atoms with E-state index in [-0.39, 0.29) is 0 Å². The van der Waals surface area contributed by atoms with Crippen molar-refractivity contribution in [1.82, 2.24) is 0 Å². The third kappa shape index (κ3) is 1.25. The number of aryl methyl sites for hydroxylation is 1. The van der Waals surface area contributed by atoms with Gasteiger partial charge in [-0.1, -0.05) is 24.6 Å². The molecule has 0 radical (unpaired) electrons. The first kappa shape index (κ1) is 10.4. The van der Waals surface area contributed by atoms with Crippen LogP contribution in [0.2, 0.25) is 0 Å². The number of aliphatic carboxylic acids is 1. The Balaban J connectivity index is 2.29. The summed E-state index contributed by atoms with van der Waals surface area (Å²) in [5.41, 5.74) is 0.954. The molecule has 3 nitrogen and oxygen atoms in total. The topological polar surface area (TPSA) is 50.4 Å². The van der Waals surface area contributed by atoms with Crippen molar-refractivity contribution in [3.63, 3.8) is 0 Å². The number of furan rings is 1. The molecular weight excluding hydrogens is 216 g/mol. The minimum Gasteiger partial charge on any atom is -0.481 e. The summed E-state index contributed by atoms with van der Waals surface area (Å²) in [4.78, 5) is 11.6. The molecule has 1 N–H and O–H groups in total. The fraction of sp³-hybridized carbons (Fsp3) is 0.357. The second-order valence-electron chi connectivity index (χ2n) is 4.77. The monoisotopic (exact) mass is 230 g/mol. The van der Waals surface area contributed by atoms with E-state index in [0.717, 1.165) is 28.7 Å². The molecule has 0 bridgehead atoms. The molecule has 3 heteroatoms. The van der Waals surface area contributed by atoms with E-state index in [9.17, 15) is 9.90 Å². The lowest BCUT2D eigenvalue weighted by Gasteiger charge is -2.37. The van der Waals surface area contributed by atoms with Gasteiger partial charge in [0.25, 0.3) is 0 Å². The minimum atomic E-state index is -0.724. The first-order valence-corrected chi connectivity index (χ1v) is 5.87. The van der Waals surface area contributed by atoms with Gasteiger partial charge in [0.15, 0.2) is 0 Å². The molecule has 0 saturated heterocycles. The number of carbonyl (C=O) groups is 1. The number of hydrogen-bond acceptors (Lipinski definition) is 2. The fourth-order valence-electron chi connectivity index (χ4n) is 2.86. The third-order valence-corrected chi connectivity index (χ3v) is 3.87. The zero-order chi connectivity index (χ0) is 12.0. The summed E-state index contributed by atoms with van der Waals surface area (Å²) in [6.07, 6.45) is 2.41. The van der Waals surface area contributed by atoms with Gasteiger partial charge in [0.2, 0.25) is 0 Å². The largest absolute Gasteiger partial charge is 0.481 e. The molecule has 0 aliphatic heterocycles. The highest BCUT2D eigenvalue weighted by atomic mass is 16.4. The van der Waals surface area contributed by atoms with Crippen molar-refractivity contribution in [1.29, 1.82) is 0 Å². The van der Waals surface area contributed by atoms with Crippen LogP contribution in [0.3, 0.4) is 0 Å². The molecule has 1 fully saturated rings. The number of para-hydroxylation sites is 1. The van der Waals surface area contributed by atoms with Crippen molar-refractivity contribution in [3.05, 3.63) is 35.6 Å². The van der Waals surface area contributed by atoms with Crippen LogP contribution in [-0.4, -0.2) is 11.1 Å². The van der Waals surface area contributed by atoms with Crippen LogP contribution < -0.4 is 0 Å². The van der Waals surface area contributed by atoms with Crippen LogP contribution in [-0.2, 0) is 10.2 Å². The second kappa shape index (κ2) is 3.36. The molecule has 1 aromatic heterocycles. The van der Waals surface area contributed by atoms with Crippen molar-refractivity contribution in [2.45, 2.75) is 31.6 Å². The maximum Gasteiger partial charge on any atom is 0.314 e. The van der Waals surface area contributed by atoms with E-state index >= 15 is 0 Å². The second-order valence-corrected chi connectivity index (χ2v) is 4.77. The van der Waals surface area contributed by atoms with Crippen LogP contribution in [0, 0.1) is 6.92 Å². The molecule has 2 aromatic rings. The highest BCUT2D eigenvalue weighted by molar-refractivity contribution is 5.92. The van der Waals surface area contributed by atoms with E-state index in [1.807, 2.05) is 31.2 Å². The summed E-state index contributed by atoms with van der Waals surface area (Å²) >= 11 is 0. The predicted octanol–water partition coefficient (Wildman–Crippen LogP) is 3.25. The molecular formula is C14H14O3. The van der Waals surface area contributed by atoms with Gasteiger partial charge in [0, 0.05) is 10.9 Å². The highest BCUT2D eigenvalue weighted by Gasteiger charge is 2.48. The molecule has 88 valence electrons. The zero-order valence-corrected chi connectivity index (χ0v) is 9.69. The van der Waals surface area contributed by atoms with E-state index in [1.54, 1.807) is 0 Å². The Bertz CT molecular complexity index is 591. The molecule has 0 unspecified atom stereocenters. The van der Waals surface area contributed by atoms with Gasteiger partial charge in [-0.15, -0.1) is 0 Å². The summed E-state index contributed by atoms with van der Waals surface area (Å²) in [7, 11) is 0. The smallest absolute Gasteiger partial charge is 0.314 e. The van der Waals surface area contributed by atoms with Crippen molar-refractivity contribution < 1.29 is 14.3 Å². The van der Waals surface area contributed by atoms with Crippen LogP contribution in [0.4, 0.5) is 0 Å². The SMILES string of the molecule is Cc1oc2ccccc2c1C1(C(=O)O)CCC1. The summed E-state index contributed by atoms with van der Waals surface area (Å²) in [5, 5.41) is 10.4. The highest BCUT2D eigenvalue weighted by Crippen LogP contribution is 2.48. The molecule has 0 amide bonds. The Hall–Kier alpha value is -1.77. The molecule has 0 atom stereocenters. The predicted molar refractivity (Wildman–Crippen MR) is 64.1 cm³/mol. The van der Waals surface area contributed by atoms with E-state index < -0.39 is 11.4 Å². The maximum absolute atomic E-state index is 11.6. The zero-order valence-electron chi connectivity index (χ0n) is 9.69. The van der Waals surface area contributed by atoms with Gasteiger partial charge in [-0.25, -0.2) is 0 Å². The number of carboxylic acids is 1. The van der Waals surface area contributed by atoms with E-state index in [4.69, 9.17) is 4.42 Å². The average molecular weight is 230 g/mol. The Morgan fingerprint density at radius 1 is 1.35 bits per heavy atom. The van der Waals surface area contributed by atoms with E-state index in [2.05, 4.69) is 0 Å². The number of hydrogen-bond donors (Lipinski definition) is 1. The van der Waals surface area contributed by atoms with Gasteiger partial charge < -0.3 is 9.52 Å². The van der Waals surface area contributed by atoms with Crippen LogP contribution in [0.5, 0.6) is 0 Å². The van der Waals surface area contributed by atoms with Crippen molar-refractivity contribution in [2.24, 2.45) is 0 Å². The average Bonchev–Trinajstić information content (AvgIpc) is 2.54. The normalized spacial score (nSPS) is 17.9. The number of rotatable bonds is 2. The third-order valence-electron chi connectivity index (χ3n) is 3.87. The van der Waals surface area contributed by atoms with Gasteiger partial charge in [0.1, 0.15) is 11.3 Å². The summed E-state index contributed by atoms with van der Waals surface area (Å²) < 4.78 is 5.67. The molecule has 1 aromatic carbocycles. The van der Waals surface area contributed by atoms with Crippen LogP contribution >= 0.6 is 0 Å². The van der Waals surface area contributed by atoms with Gasteiger partial charge in [0.05, 0.1) is 5.41 Å². The lowest BCUT2D eigenvalue weighted by atomic mass is 9.63. The van der Waals surface area contributed by atoms with Gasteiger partial charge in [-0.05, 0) is 25.8 Å². The molecule has 1 saturated carbocycles. The Kier molecular flexibility index (Phi) is 2.05. The number of carboxylic acid groups (broad SMARTS) is 1. The standard InChI is InChI=1S/C14H14O3/c1-9-12(14(13(15)16)7-4-8-14)10-5-2-3-6-11(10)17-9/h2-3,5-6H,4,7-8H2,1H3,(H,15,16). The van der Waals surface area contributed by atoms with Gasteiger partial charge >= 0.3 is 5.97 Å². The summed E-state index contributed by atoms with van der Waals surface area (Å²) in [6.45, 7) is 1.86. The molecule has 0 spiro atoms. The van der Waals surface area contributed by atoms with Crippen LogP contribution in [0.1, 0.15) is 30.6 Å². The van der Waals surface area contributed by atoms with Gasteiger partial charge in [-0.2, -0.15) is 0 Å². The van der Waals surface area contributed by atoms with Gasteiger partial charge in [-0.3, -0.25) is 4.79 Å². The fourth-order valence-corrected chi connectivity index (χ4v) is 2.86. The Labute approximate surface area is 99.0 Å². The summed E-state index contributed by atoms with van der Waals surface area (Å²) in [5.74, 6) is 0.0201. The number of fused-ring (bicyclic) bond motifs is 1. The van der Waals surface area contributed by atoms with E-state index in [1.165, 1.54) is 0 Å². The molecule has 1 aliphatic rings. The summed E-state index contributed by atoms with van der Waals surface area (Å²) in [6, 6.07) is 7.67. The van der Waals surface area contributed by atoms with E-state index in [0.29, 0.717) is 12.8 Å². The van der Waals surface area contributed by atoms with Crippen molar-refractivity contribution >= 4 is 16.9 Å². The minimum absolute atomic E-state index is 0.712. The molecule has 1 heterocycles. The van der Waals surface area contributed by atoms with Crippen molar-refractivity contribution in [3.8, 4) is 0 Å². The Morgan fingerprint density at radius 2 is 2.06 bits per heavy atom.